The van der Waals surface area contributed by atoms with Gasteiger partial charge < -0.3 is 0 Å². The van der Waals surface area contributed by atoms with E-state index in [-0.39, 0.29) is 6.04 Å². The maximum absolute atomic E-state index is 4.84. The summed E-state index contributed by atoms with van der Waals surface area (Å²) in [5, 5.41) is 0. The minimum atomic E-state index is 0.253. The molecule has 0 saturated heterocycles. The summed E-state index contributed by atoms with van der Waals surface area (Å²) >= 11 is 0. The van der Waals surface area contributed by atoms with Crippen LogP contribution in [0.25, 0.3) is 0 Å². The molecule has 0 aliphatic carbocycles. The Balaban J connectivity index is 2.04. The van der Waals surface area contributed by atoms with Crippen molar-refractivity contribution in [3.63, 3.8) is 0 Å². The Bertz CT molecular complexity index is 586. The second-order valence-corrected chi connectivity index (χ2v) is 5.41. The molecule has 3 rings (SSSR count). The van der Waals surface area contributed by atoms with E-state index >= 15 is 0 Å². The maximum Gasteiger partial charge on any atom is 0.0780 e. The minimum Gasteiger partial charge on any atom is -0.284 e. The predicted molar refractivity (Wildman–Crippen MR) is 80.8 cm³/mol. The SMILES string of the molecule is C[C@@H]1[C@@H](C)c2ccccc2C=N[C@H]1c1ccccc1. The van der Waals surface area contributed by atoms with Crippen molar-refractivity contribution in [3.8, 4) is 0 Å². The van der Waals surface area contributed by atoms with Crippen molar-refractivity contribution in [2.45, 2.75) is 25.8 Å². The van der Waals surface area contributed by atoms with Gasteiger partial charge in [-0.05, 0) is 28.5 Å². The summed E-state index contributed by atoms with van der Waals surface area (Å²) in [5.41, 5.74) is 3.99. The first-order valence-electron chi connectivity index (χ1n) is 6.94. The standard InChI is InChI=1S/C18H19N/c1-13-14(2)18(15-8-4-3-5-9-15)19-12-16-10-6-7-11-17(13)16/h3-14,18H,1-2H3/t13-,14-,18-/m1/s1. The highest BCUT2D eigenvalue weighted by Crippen LogP contribution is 2.39. The highest BCUT2D eigenvalue weighted by molar-refractivity contribution is 5.82. The molecule has 1 aliphatic heterocycles. The lowest BCUT2D eigenvalue weighted by Gasteiger charge is -2.25. The van der Waals surface area contributed by atoms with Gasteiger partial charge in [0.05, 0.1) is 6.04 Å². The van der Waals surface area contributed by atoms with Crippen LogP contribution in [0.2, 0.25) is 0 Å². The third kappa shape index (κ3) is 2.21. The molecule has 96 valence electrons. The molecule has 19 heavy (non-hydrogen) atoms. The van der Waals surface area contributed by atoms with E-state index in [1.807, 2.05) is 6.21 Å². The molecular weight excluding hydrogens is 230 g/mol. The number of hydrogen-bond donors (Lipinski definition) is 0. The monoisotopic (exact) mass is 249 g/mol. The lowest BCUT2D eigenvalue weighted by atomic mass is 9.81. The van der Waals surface area contributed by atoms with Crippen LogP contribution in [0.5, 0.6) is 0 Å². The lowest BCUT2D eigenvalue weighted by Crippen LogP contribution is -2.13. The molecule has 1 aliphatic rings. The van der Waals surface area contributed by atoms with Crippen molar-refractivity contribution in [1.82, 2.24) is 0 Å². The molecule has 3 atom stereocenters. The first-order chi connectivity index (χ1) is 9.27. The van der Waals surface area contributed by atoms with Crippen molar-refractivity contribution in [2.24, 2.45) is 10.9 Å². The smallest absolute Gasteiger partial charge is 0.0780 e. The van der Waals surface area contributed by atoms with E-state index in [2.05, 4.69) is 68.4 Å². The molecule has 0 bridgehead atoms. The van der Waals surface area contributed by atoms with Gasteiger partial charge in [-0.15, -0.1) is 0 Å². The third-order valence-corrected chi connectivity index (χ3v) is 4.29. The Labute approximate surface area is 115 Å². The zero-order chi connectivity index (χ0) is 13.2. The van der Waals surface area contributed by atoms with Crippen molar-refractivity contribution in [1.29, 1.82) is 0 Å². The third-order valence-electron chi connectivity index (χ3n) is 4.29. The number of rotatable bonds is 1. The minimum absolute atomic E-state index is 0.253. The molecule has 0 aromatic heterocycles. The maximum atomic E-state index is 4.84. The molecule has 1 heterocycles. The molecule has 0 fully saturated rings. The van der Waals surface area contributed by atoms with E-state index in [9.17, 15) is 0 Å². The van der Waals surface area contributed by atoms with Gasteiger partial charge in [-0.25, -0.2) is 0 Å². The Hall–Kier alpha value is -1.89. The summed E-state index contributed by atoms with van der Waals surface area (Å²) in [5.74, 6) is 1.02. The largest absolute Gasteiger partial charge is 0.284 e. The topological polar surface area (TPSA) is 12.4 Å². The van der Waals surface area contributed by atoms with Crippen molar-refractivity contribution in [2.75, 3.05) is 0 Å². The Morgan fingerprint density at radius 3 is 2.32 bits per heavy atom. The van der Waals surface area contributed by atoms with Gasteiger partial charge in [0.2, 0.25) is 0 Å². The Kier molecular flexibility index (Phi) is 3.20. The van der Waals surface area contributed by atoms with Crippen LogP contribution in [-0.4, -0.2) is 6.21 Å². The quantitative estimate of drug-likeness (QED) is 0.700. The molecule has 0 radical (unpaired) electrons. The molecule has 0 unspecified atom stereocenters. The van der Waals surface area contributed by atoms with Gasteiger partial charge in [0, 0.05) is 6.21 Å². The fraction of sp³-hybridized carbons (Fsp3) is 0.278. The lowest BCUT2D eigenvalue weighted by molar-refractivity contribution is 0.411. The zero-order valence-electron chi connectivity index (χ0n) is 11.5. The van der Waals surface area contributed by atoms with Crippen LogP contribution in [0.4, 0.5) is 0 Å². The van der Waals surface area contributed by atoms with Gasteiger partial charge in [-0.1, -0.05) is 68.4 Å². The Morgan fingerprint density at radius 1 is 0.842 bits per heavy atom. The van der Waals surface area contributed by atoms with Crippen LogP contribution in [0.15, 0.2) is 59.6 Å². The molecule has 2 aromatic carbocycles. The van der Waals surface area contributed by atoms with Gasteiger partial charge >= 0.3 is 0 Å². The van der Waals surface area contributed by atoms with Gasteiger partial charge in [0.25, 0.3) is 0 Å². The van der Waals surface area contributed by atoms with Crippen LogP contribution in [-0.2, 0) is 0 Å². The Morgan fingerprint density at radius 2 is 1.53 bits per heavy atom. The first-order valence-corrected chi connectivity index (χ1v) is 6.94. The fourth-order valence-electron chi connectivity index (χ4n) is 2.94. The van der Waals surface area contributed by atoms with Crippen LogP contribution >= 0.6 is 0 Å². The molecule has 2 aromatic rings. The number of nitrogens with zero attached hydrogens (tertiary/aromatic N) is 1. The summed E-state index contributed by atoms with van der Waals surface area (Å²) < 4.78 is 0. The second kappa shape index (κ2) is 5.00. The van der Waals surface area contributed by atoms with Crippen molar-refractivity contribution in [3.05, 3.63) is 71.3 Å². The van der Waals surface area contributed by atoms with Crippen LogP contribution < -0.4 is 0 Å². The van der Waals surface area contributed by atoms with E-state index in [1.165, 1.54) is 16.7 Å². The average Bonchev–Trinajstić information content (AvgIpc) is 2.59. The highest BCUT2D eigenvalue weighted by Gasteiger charge is 2.27. The molecule has 0 N–H and O–H groups in total. The molecular formula is C18H19N. The van der Waals surface area contributed by atoms with Gasteiger partial charge in [0.1, 0.15) is 0 Å². The molecule has 0 amide bonds. The average molecular weight is 249 g/mol. The molecule has 1 heteroatoms. The number of aliphatic imine (C=N–C) groups is 1. The first kappa shape index (κ1) is 12.2. The van der Waals surface area contributed by atoms with Gasteiger partial charge in [0.15, 0.2) is 0 Å². The van der Waals surface area contributed by atoms with Crippen LogP contribution in [0.3, 0.4) is 0 Å². The summed E-state index contributed by atoms with van der Waals surface area (Å²) in [6.07, 6.45) is 2.05. The van der Waals surface area contributed by atoms with E-state index < -0.39 is 0 Å². The molecule has 0 spiro atoms. The summed E-state index contributed by atoms with van der Waals surface area (Å²) in [7, 11) is 0. The zero-order valence-corrected chi connectivity index (χ0v) is 11.5. The number of benzene rings is 2. The second-order valence-electron chi connectivity index (χ2n) is 5.41. The van der Waals surface area contributed by atoms with Crippen LogP contribution in [0.1, 0.15) is 42.5 Å². The van der Waals surface area contributed by atoms with Gasteiger partial charge in [-0.3, -0.25) is 4.99 Å². The normalized spacial score (nSPS) is 25.7. The summed E-state index contributed by atoms with van der Waals surface area (Å²) in [4.78, 5) is 4.84. The number of hydrogen-bond acceptors (Lipinski definition) is 1. The van der Waals surface area contributed by atoms with E-state index in [0.29, 0.717) is 11.8 Å². The van der Waals surface area contributed by atoms with Crippen molar-refractivity contribution < 1.29 is 0 Å². The van der Waals surface area contributed by atoms with E-state index in [0.717, 1.165) is 0 Å². The van der Waals surface area contributed by atoms with Crippen LogP contribution in [0, 0.1) is 5.92 Å². The highest BCUT2D eigenvalue weighted by atomic mass is 14.8. The molecule has 0 saturated carbocycles. The summed E-state index contributed by atoms with van der Waals surface area (Å²) in [6.45, 7) is 4.62. The summed E-state index contributed by atoms with van der Waals surface area (Å²) in [6, 6.07) is 19.5. The van der Waals surface area contributed by atoms with E-state index in [1.54, 1.807) is 0 Å². The molecule has 1 nitrogen and oxygen atoms in total. The van der Waals surface area contributed by atoms with E-state index in [4.69, 9.17) is 4.99 Å². The number of fused-ring (bicyclic) bond motifs is 1. The predicted octanol–water partition coefficient (Wildman–Crippen LogP) is 4.60. The fourth-order valence-corrected chi connectivity index (χ4v) is 2.94. The van der Waals surface area contributed by atoms with Gasteiger partial charge in [-0.2, -0.15) is 0 Å². The van der Waals surface area contributed by atoms with Crippen molar-refractivity contribution >= 4 is 6.21 Å².